The molecule has 1 aliphatic heterocycles. The van der Waals surface area contributed by atoms with E-state index in [-0.39, 0.29) is 11.9 Å². The first kappa shape index (κ1) is 16.0. The highest BCUT2D eigenvalue weighted by Crippen LogP contribution is 2.26. The first-order valence-corrected chi connectivity index (χ1v) is 8.34. The molecule has 1 fully saturated rings. The lowest BCUT2D eigenvalue weighted by Gasteiger charge is -2.34. The van der Waals surface area contributed by atoms with Crippen molar-refractivity contribution >= 4 is 0 Å². The number of rotatable bonds is 4. The van der Waals surface area contributed by atoms with E-state index in [9.17, 15) is 4.39 Å². The van der Waals surface area contributed by atoms with Crippen molar-refractivity contribution in [3.63, 3.8) is 0 Å². The van der Waals surface area contributed by atoms with E-state index in [2.05, 4.69) is 20.2 Å². The van der Waals surface area contributed by atoms with Crippen molar-refractivity contribution in [2.24, 2.45) is 7.05 Å². The van der Waals surface area contributed by atoms with E-state index in [1.54, 1.807) is 24.4 Å². The van der Waals surface area contributed by atoms with Gasteiger partial charge in [0.25, 0.3) is 0 Å². The molecule has 2 aromatic heterocycles. The molecule has 1 unspecified atom stereocenters. The van der Waals surface area contributed by atoms with Crippen LogP contribution in [0.3, 0.4) is 0 Å². The van der Waals surface area contributed by atoms with Gasteiger partial charge < -0.3 is 14.3 Å². The molecule has 6 nitrogen and oxygen atoms in total. The monoisotopic (exact) mass is 341 g/mol. The van der Waals surface area contributed by atoms with Gasteiger partial charge >= 0.3 is 0 Å². The van der Waals surface area contributed by atoms with Crippen molar-refractivity contribution < 1.29 is 8.81 Å². The Bertz CT molecular complexity index is 859. The number of hydrogen-bond donors (Lipinski definition) is 1. The van der Waals surface area contributed by atoms with Gasteiger partial charge in [-0.25, -0.2) is 14.4 Å². The molecule has 0 spiro atoms. The number of aryl methyl sites for hydroxylation is 1. The second-order valence-corrected chi connectivity index (χ2v) is 6.18. The van der Waals surface area contributed by atoms with Gasteiger partial charge in [-0.05, 0) is 12.1 Å². The summed E-state index contributed by atoms with van der Waals surface area (Å²) in [4.78, 5) is 11.1. The maximum Gasteiger partial charge on any atom is 0.209 e. The summed E-state index contributed by atoms with van der Waals surface area (Å²) in [6.45, 7) is 3.16. The van der Waals surface area contributed by atoms with Crippen LogP contribution in [0.15, 0.2) is 47.3 Å². The fourth-order valence-corrected chi connectivity index (χ4v) is 3.23. The van der Waals surface area contributed by atoms with Crippen LogP contribution >= 0.6 is 0 Å². The second-order valence-electron chi connectivity index (χ2n) is 6.18. The Morgan fingerprint density at radius 2 is 2.20 bits per heavy atom. The number of oxazole rings is 1. The molecular formula is C18H20FN5O. The van der Waals surface area contributed by atoms with E-state index in [1.165, 1.54) is 6.07 Å². The van der Waals surface area contributed by atoms with Crippen LogP contribution in [-0.2, 0) is 13.6 Å². The van der Waals surface area contributed by atoms with Gasteiger partial charge in [0, 0.05) is 39.1 Å². The van der Waals surface area contributed by atoms with Crippen LogP contribution in [0, 0.1) is 5.82 Å². The lowest BCUT2D eigenvalue weighted by molar-refractivity contribution is 0.132. The minimum absolute atomic E-state index is 0.151. The van der Waals surface area contributed by atoms with Gasteiger partial charge in [0.2, 0.25) is 5.89 Å². The number of hydrogen-bond acceptors (Lipinski definition) is 5. The molecule has 1 saturated heterocycles. The largest absolute Gasteiger partial charge is 0.439 e. The lowest BCUT2D eigenvalue weighted by Crippen LogP contribution is -2.46. The Kier molecular flexibility index (Phi) is 4.33. The molecule has 1 N–H and O–H groups in total. The Balaban J connectivity index is 1.55. The van der Waals surface area contributed by atoms with Gasteiger partial charge in [-0.1, -0.05) is 12.1 Å². The molecule has 0 radical (unpaired) electrons. The zero-order valence-electron chi connectivity index (χ0n) is 14.0. The summed E-state index contributed by atoms with van der Waals surface area (Å²) in [7, 11) is 2.00. The van der Waals surface area contributed by atoms with Crippen molar-refractivity contribution in [3.05, 3.63) is 60.4 Å². The van der Waals surface area contributed by atoms with Gasteiger partial charge in [0.05, 0.1) is 24.3 Å². The summed E-state index contributed by atoms with van der Waals surface area (Å²) in [6, 6.07) is 6.71. The van der Waals surface area contributed by atoms with Gasteiger partial charge in [-0.2, -0.15) is 0 Å². The van der Waals surface area contributed by atoms with Crippen LogP contribution < -0.4 is 5.32 Å². The number of nitrogens with zero attached hydrogens (tertiary/aromatic N) is 4. The van der Waals surface area contributed by atoms with E-state index < -0.39 is 0 Å². The molecule has 1 aliphatic rings. The van der Waals surface area contributed by atoms with E-state index >= 15 is 0 Å². The minimum atomic E-state index is -0.307. The summed E-state index contributed by atoms with van der Waals surface area (Å²) in [5, 5.41) is 3.41. The van der Waals surface area contributed by atoms with Gasteiger partial charge in [-0.15, -0.1) is 0 Å². The van der Waals surface area contributed by atoms with Crippen LogP contribution in [0.5, 0.6) is 0 Å². The minimum Gasteiger partial charge on any atom is -0.439 e. The summed E-state index contributed by atoms with van der Waals surface area (Å²) >= 11 is 0. The second kappa shape index (κ2) is 6.78. The molecule has 0 saturated carbocycles. The Morgan fingerprint density at radius 3 is 3.00 bits per heavy atom. The number of piperazine rings is 1. The molecule has 3 heterocycles. The summed E-state index contributed by atoms with van der Waals surface area (Å²) in [6.07, 6.45) is 5.35. The maximum absolute atomic E-state index is 13.9. The fraction of sp³-hybridized carbons (Fsp3) is 0.333. The van der Waals surface area contributed by atoms with E-state index in [0.29, 0.717) is 23.8 Å². The Labute approximate surface area is 145 Å². The average molecular weight is 341 g/mol. The molecule has 1 aromatic carbocycles. The first-order chi connectivity index (χ1) is 12.2. The molecule has 1 atom stereocenters. The first-order valence-electron chi connectivity index (χ1n) is 8.34. The highest BCUT2D eigenvalue weighted by molar-refractivity contribution is 5.56. The van der Waals surface area contributed by atoms with E-state index in [0.717, 1.165) is 25.5 Å². The quantitative estimate of drug-likeness (QED) is 0.789. The number of nitrogens with one attached hydrogen (secondary N) is 1. The highest BCUT2D eigenvalue weighted by Gasteiger charge is 2.28. The zero-order valence-corrected chi connectivity index (χ0v) is 14.0. The van der Waals surface area contributed by atoms with Crippen LogP contribution in [0.1, 0.15) is 17.8 Å². The van der Waals surface area contributed by atoms with Crippen molar-refractivity contribution in [2.75, 3.05) is 19.6 Å². The van der Waals surface area contributed by atoms with E-state index in [1.807, 2.05) is 24.0 Å². The summed E-state index contributed by atoms with van der Waals surface area (Å²) < 4.78 is 21.8. The van der Waals surface area contributed by atoms with Crippen molar-refractivity contribution in [3.8, 4) is 11.3 Å². The van der Waals surface area contributed by atoms with Crippen molar-refractivity contribution in [1.82, 2.24) is 24.8 Å². The molecule has 0 amide bonds. The van der Waals surface area contributed by atoms with E-state index in [4.69, 9.17) is 4.42 Å². The highest BCUT2D eigenvalue weighted by atomic mass is 19.1. The van der Waals surface area contributed by atoms with Crippen molar-refractivity contribution in [2.45, 2.75) is 12.6 Å². The van der Waals surface area contributed by atoms with Gasteiger partial charge in [-0.3, -0.25) is 4.90 Å². The number of benzene rings is 1. The predicted octanol–water partition coefficient (Wildman–Crippen LogP) is 2.36. The number of aromatic nitrogens is 3. The standard InChI is InChI=1S/C18H20FN5O/c1-23-8-7-21-18(23)15-10-20-6-9-24(15)12-17-22-11-16(25-17)13-4-2-3-5-14(13)19/h2-5,7-8,11,15,20H,6,9-10,12H2,1H3. The number of halogens is 1. The molecule has 4 rings (SSSR count). The molecule has 130 valence electrons. The topological polar surface area (TPSA) is 59.1 Å². The lowest BCUT2D eigenvalue weighted by atomic mass is 10.1. The SMILES string of the molecule is Cn1ccnc1C1CNCCN1Cc1ncc(-c2ccccc2F)o1. The normalized spacial score (nSPS) is 18.6. The number of imidazole rings is 1. The molecule has 25 heavy (non-hydrogen) atoms. The van der Waals surface area contributed by atoms with Gasteiger partial charge in [0.15, 0.2) is 5.76 Å². The van der Waals surface area contributed by atoms with Crippen LogP contribution in [0.4, 0.5) is 4.39 Å². The Hall–Kier alpha value is -2.51. The van der Waals surface area contributed by atoms with Crippen molar-refractivity contribution in [1.29, 1.82) is 0 Å². The smallest absolute Gasteiger partial charge is 0.209 e. The molecular weight excluding hydrogens is 321 g/mol. The van der Waals surface area contributed by atoms with Crippen LogP contribution in [0.25, 0.3) is 11.3 Å². The zero-order chi connectivity index (χ0) is 17.2. The summed E-state index contributed by atoms with van der Waals surface area (Å²) in [5.41, 5.74) is 0.433. The van der Waals surface area contributed by atoms with Gasteiger partial charge in [0.1, 0.15) is 11.6 Å². The maximum atomic E-state index is 13.9. The third kappa shape index (κ3) is 3.20. The fourth-order valence-electron chi connectivity index (χ4n) is 3.23. The molecule has 0 aliphatic carbocycles. The summed E-state index contributed by atoms with van der Waals surface area (Å²) in [5.74, 6) is 1.74. The van der Waals surface area contributed by atoms with Crippen LogP contribution in [0.2, 0.25) is 0 Å². The average Bonchev–Trinajstić information content (AvgIpc) is 3.25. The molecule has 3 aromatic rings. The van der Waals surface area contributed by atoms with Crippen LogP contribution in [-0.4, -0.2) is 39.1 Å². The molecule has 0 bridgehead atoms. The predicted molar refractivity (Wildman–Crippen MR) is 91.1 cm³/mol. The molecule has 7 heteroatoms. The Morgan fingerprint density at radius 1 is 1.32 bits per heavy atom. The third-order valence-electron chi connectivity index (χ3n) is 4.54. The third-order valence-corrected chi connectivity index (χ3v) is 4.54.